The van der Waals surface area contributed by atoms with E-state index in [9.17, 15) is 0 Å². The van der Waals surface area contributed by atoms with Crippen molar-refractivity contribution in [2.75, 3.05) is 26.6 Å². The standard InChI is InChI=1S/C14H23N3OS/c1-3-4-5-6-10-18-14-13(15-19-16-14)12-8-7-9-17(2)11-12/h8H,3-7,9-11H2,1-2H3/i2D3,9D2,10D2. The quantitative estimate of drug-likeness (QED) is 0.722. The SMILES string of the molecule is [2H]C([2H])(CCCCC)Oc1nsnc1C1=CCC([2H])([2H])N(C([2H])([2H])[2H])C1. The maximum Gasteiger partial charge on any atom is 0.253 e. The van der Waals surface area contributed by atoms with Crippen LogP contribution in [0.5, 0.6) is 5.88 Å². The summed E-state index contributed by atoms with van der Waals surface area (Å²) in [6, 6.07) is 0. The minimum absolute atomic E-state index is 0.0238. The third-order valence-corrected chi connectivity index (χ3v) is 3.28. The maximum atomic E-state index is 7.99. The summed E-state index contributed by atoms with van der Waals surface area (Å²) in [6.07, 6.45) is 4.25. The first-order chi connectivity index (χ1) is 12.0. The van der Waals surface area contributed by atoms with E-state index in [4.69, 9.17) is 14.3 Å². The molecule has 4 nitrogen and oxygen atoms in total. The van der Waals surface area contributed by atoms with Gasteiger partial charge in [-0.15, -0.1) is 4.37 Å². The van der Waals surface area contributed by atoms with Crippen LogP contribution in [0.4, 0.5) is 0 Å². The van der Waals surface area contributed by atoms with Crippen molar-refractivity contribution >= 4 is 17.3 Å². The number of likely N-dealkylation sites (N-methyl/N-ethyl adjacent to an activating group) is 1. The molecule has 106 valence electrons. The van der Waals surface area contributed by atoms with Crippen LogP contribution in [-0.2, 0) is 0 Å². The fourth-order valence-corrected chi connectivity index (χ4v) is 2.27. The Morgan fingerprint density at radius 1 is 1.53 bits per heavy atom. The van der Waals surface area contributed by atoms with Gasteiger partial charge in [-0.25, -0.2) is 0 Å². The molecule has 0 aliphatic carbocycles. The molecule has 19 heavy (non-hydrogen) atoms. The number of hydrogen-bond acceptors (Lipinski definition) is 5. The summed E-state index contributed by atoms with van der Waals surface area (Å²) < 4.78 is 68.0. The number of aromatic nitrogens is 2. The second-order valence-electron chi connectivity index (χ2n) is 4.30. The van der Waals surface area contributed by atoms with E-state index in [-0.39, 0.29) is 31.0 Å². The number of rotatable bonds is 7. The van der Waals surface area contributed by atoms with E-state index in [2.05, 4.69) is 8.75 Å². The molecule has 1 aliphatic rings. The molecule has 1 aromatic rings. The Balaban J connectivity index is 2.18. The van der Waals surface area contributed by atoms with Crippen LogP contribution in [0.2, 0.25) is 0 Å². The van der Waals surface area contributed by atoms with Gasteiger partial charge in [-0.2, -0.15) is 4.37 Å². The Bertz CT molecular complexity index is 645. The van der Waals surface area contributed by atoms with Gasteiger partial charge in [0.15, 0.2) is 0 Å². The summed E-state index contributed by atoms with van der Waals surface area (Å²) >= 11 is 0.852. The summed E-state index contributed by atoms with van der Waals surface area (Å²) in [7, 11) is 0. The van der Waals surface area contributed by atoms with Gasteiger partial charge in [0.2, 0.25) is 0 Å². The van der Waals surface area contributed by atoms with Crippen molar-refractivity contribution in [3.05, 3.63) is 11.8 Å². The Hall–Kier alpha value is -0.940. The molecule has 0 atom stereocenters. The average molecular weight is 288 g/mol. The highest BCUT2D eigenvalue weighted by Gasteiger charge is 2.18. The van der Waals surface area contributed by atoms with Crippen LogP contribution in [0, 0.1) is 0 Å². The second kappa shape index (κ2) is 7.60. The number of ether oxygens (including phenoxy) is 1. The van der Waals surface area contributed by atoms with Crippen LogP contribution >= 0.6 is 11.7 Å². The van der Waals surface area contributed by atoms with Gasteiger partial charge in [0.05, 0.1) is 21.0 Å². The van der Waals surface area contributed by atoms with Gasteiger partial charge in [0, 0.05) is 19.9 Å². The zero-order valence-electron chi connectivity index (χ0n) is 18.0. The lowest BCUT2D eigenvalue weighted by Gasteiger charge is -2.22. The van der Waals surface area contributed by atoms with Gasteiger partial charge in [0.1, 0.15) is 5.69 Å². The van der Waals surface area contributed by atoms with Crippen LogP contribution in [0.3, 0.4) is 0 Å². The van der Waals surface area contributed by atoms with E-state index in [0.717, 1.165) is 29.5 Å². The highest BCUT2D eigenvalue weighted by Crippen LogP contribution is 2.27. The van der Waals surface area contributed by atoms with Crippen molar-refractivity contribution in [2.45, 2.75) is 39.0 Å². The number of unbranched alkanes of at least 4 members (excludes halogenated alkanes) is 2. The molecule has 0 fully saturated rings. The van der Waals surface area contributed by atoms with Gasteiger partial charge in [-0.3, -0.25) is 0 Å². The molecule has 0 saturated heterocycles. The number of nitrogens with zero attached hydrogens (tertiary/aromatic N) is 3. The molecule has 0 bridgehead atoms. The van der Waals surface area contributed by atoms with E-state index >= 15 is 0 Å². The van der Waals surface area contributed by atoms with Gasteiger partial charge in [-0.1, -0.05) is 32.3 Å². The largest absolute Gasteiger partial charge is 0.475 e. The number of hydrogen-bond donors (Lipinski definition) is 0. The minimum atomic E-state index is -2.60. The zero-order chi connectivity index (χ0) is 19.6. The van der Waals surface area contributed by atoms with Crippen molar-refractivity contribution in [2.24, 2.45) is 0 Å². The first kappa shape index (κ1) is 7.74. The molecule has 0 N–H and O–H groups in total. The summed E-state index contributed by atoms with van der Waals surface area (Å²) in [6.45, 7) is -4.63. The average Bonchev–Trinajstić information content (AvgIpc) is 2.93. The summed E-state index contributed by atoms with van der Waals surface area (Å²) in [5.41, 5.74) is 0.753. The van der Waals surface area contributed by atoms with E-state index in [1.165, 1.54) is 0 Å². The van der Waals surface area contributed by atoms with Gasteiger partial charge >= 0.3 is 0 Å². The molecular formula is C14H23N3OS. The predicted octanol–water partition coefficient (Wildman–Crippen LogP) is 3.22. The molecule has 1 aliphatic heterocycles. The third kappa shape index (κ3) is 4.28. The monoisotopic (exact) mass is 288 g/mol. The molecule has 5 heteroatoms. The first-order valence-corrected chi connectivity index (χ1v) is 7.18. The van der Waals surface area contributed by atoms with E-state index < -0.39 is 20.0 Å². The highest BCUT2D eigenvalue weighted by molar-refractivity contribution is 6.99. The van der Waals surface area contributed by atoms with Gasteiger partial charge < -0.3 is 9.64 Å². The molecule has 0 spiro atoms. The summed E-state index contributed by atoms with van der Waals surface area (Å²) in [5.74, 6) is 0.0238. The first-order valence-electron chi connectivity index (χ1n) is 9.95. The maximum absolute atomic E-state index is 7.99. The highest BCUT2D eigenvalue weighted by atomic mass is 32.1. The Kier molecular flexibility index (Phi) is 3.10. The van der Waals surface area contributed by atoms with Gasteiger partial charge in [0.25, 0.3) is 5.88 Å². The smallest absolute Gasteiger partial charge is 0.253 e. The topological polar surface area (TPSA) is 38.3 Å². The lowest BCUT2D eigenvalue weighted by molar-refractivity contribution is 0.294. The van der Waals surface area contributed by atoms with Crippen molar-refractivity contribution in [1.29, 1.82) is 0 Å². The zero-order valence-corrected chi connectivity index (χ0v) is 11.8. The predicted molar refractivity (Wildman–Crippen MR) is 79.6 cm³/mol. The second-order valence-corrected chi connectivity index (χ2v) is 4.83. The molecule has 0 unspecified atom stereocenters. The van der Waals surface area contributed by atoms with Crippen molar-refractivity contribution in [3.63, 3.8) is 0 Å². The van der Waals surface area contributed by atoms with Crippen LogP contribution in [0.25, 0.3) is 5.57 Å². The molecule has 0 radical (unpaired) electrons. The van der Waals surface area contributed by atoms with E-state index in [1.54, 1.807) is 6.08 Å². The van der Waals surface area contributed by atoms with Gasteiger partial charge in [-0.05, 0) is 25.4 Å². The fraction of sp³-hybridized carbons (Fsp3) is 0.714. The van der Waals surface area contributed by atoms with E-state index in [0.29, 0.717) is 12.0 Å². The van der Waals surface area contributed by atoms with Crippen molar-refractivity contribution in [3.8, 4) is 5.88 Å². The van der Waals surface area contributed by atoms with Crippen molar-refractivity contribution < 1.29 is 14.3 Å². The fourth-order valence-electron chi connectivity index (χ4n) is 1.75. The minimum Gasteiger partial charge on any atom is -0.475 e. The lowest BCUT2D eigenvalue weighted by atomic mass is 10.1. The summed E-state index contributed by atoms with van der Waals surface area (Å²) in [4.78, 5) is 0.800. The molecule has 0 amide bonds. The molecule has 2 heterocycles. The van der Waals surface area contributed by atoms with Crippen LogP contribution in [-0.4, -0.2) is 40.2 Å². The Morgan fingerprint density at radius 2 is 2.47 bits per heavy atom. The van der Waals surface area contributed by atoms with E-state index in [1.807, 2.05) is 6.92 Å². The molecular weight excluding hydrogens is 258 g/mol. The summed E-state index contributed by atoms with van der Waals surface area (Å²) in [5, 5.41) is 0. The molecule has 1 aromatic heterocycles. The Labute approximate surface area is 129 Å². The Morgan fingerprint density at radius 3 is 3.32 bits per heavy atom. The molecule has 2 rings (SSSR count). The van der Waals surface area contributed by atoms with Crippen LogP contribution < -0.4 is 4.74 Å². The normalized spacial score (nSPS) is 25.9. The van der Waals surface area contributed by atoms with Crippen molar-refractivity contribution in [1.82, 2.24) is 13.6 Å². The van der Waals surface area contributed by atoms with Crippen LogP contribution in [0.1, 0.15) is 54.3 Å². The molecule has 0 saturated carbocycles. The molecule has 0 aromatic carbocycles. The van der Waals surface area contributed by atoms with Crippen LogP contribution in [0.15, 0.2) is 6.08 Å². The lowest BCUT2D eigenvalue weighted by Crippen LogP contribution is -2.25. The third-order valence-electron chi connectivity index (χ3n) is 2.77.